The van der Waals surface area contributed by atoms with E-state index in [1.807, 2.05) is 34.9 Å². The predicted octanol–water partition coefficient (Wildman–Crippen LogP) is 2.88. The van der Waals surface area contributed by atoms with Crippen LogP contribution >= 0.6 is 0 Å². The summed E-state index contributed by atoms with van der Waals surface area (Å²) in [5, 5.41) is 13.4. The number of fused-ring (bicyclic) bond motifs is 2. The fourth-order valence-corrected chi connectivity index (χ4v) is 5.47. The van der Waals surface area contributed by atoms with Gasteiger partial charge in [-0.15, -0.1) is 0 Å². The van der Waals surface area contributed by atoms with Crippen molar-refractivity contribution in [3.05, 3.63) is 58.4 Å². The summed E-state index contributed by atoms with van der Waals surface area (Å²) < 4.78 is 8.29. The molecule has 182 valence electrons. The third-order valence-electron chi connectivity index (χ3n) is 7.40. The molecule has 0 aliphatic carbocycles. The first-order valence-corrected chi connectivity index (χ1v) is 12.5. The average Bonchev–Trinajstić information content (AvgIpc) is 3.39. The summed E-state index contributed by atoms with van der Waals surface area (Å²) in [6.45, 7) is 4.87. The zero-order chi connectivity index (χ0) is 23.9. The third kappa shape index (κ3) is 3.96. The largest absolute Gasteiger partial charge is 0.451 e. The number of carbonyl (C=O) groups is 1. The number of amides is 1. The molecule has 1 amide bonds. The predicted molar refractivity (Wildman–Crippen MR) is 135 cm³/mol. The molecular formula is C27H30N4O4. The first-order chi connectivity index (χ1) is 17.1. The van der Waals surface area contributed by atoms with Gasteiger partial charge >= 0.3 is 0 Å². The quantitative estimate of drug-likeness (QED) is 0.463. The van der Waals surface area contributed by atoms with E-state index in [2.05, 4.69) is 15.1 Å². The highest BCUT2D eigenvalue weighted by Gasteiger charge is 2.29. The van der Waals surface area contributed by atoms with Gasteiger partial charge in [0.15, 0.2) is 11.5 Å². The van der Waals surface area contributed by atoms with Gasteiger partial charge in [-0.1, -0.05) is 12.1 Å². The lowest BCUT2D eigenvalue weighted by atomic mass is 10.0. The topological polar surface area (TPSA) is 87.0 Å². The second kappa shape index (κ2) is 9.02. The van der Waals surface area contributed by atoms with Crippen molar-refractivity contribution in [1.82, 2.24) is 14.8 Å². The standard InChI is InChI=1S/C27H30N4O4/c32-18-9-14-30(15-10-18)22-8-7-19-24-26(22)35-23-6-2-1-5-21(23)31(24)17-20(25(19)33)27(34)28-11-16-29-12-3-4-13-29/h1-2,5-8,17-18,32H,3-4,9-16H2,(H,28,34). The van der Waals surface area contributed by atoms with E-state index in [1.54, 1.807) is 12.3 Å². The summed E-state index contributed by atoms with van der Waals surface area (Å²) in [5.74, 6) is 0.949. The van der Waals surface area contributed by atoms with E-state index in [0.717, 1.165) is 31.0 Å². The Morgan fingerprint density at radius 2 is 1.80 bits per heavy atom. The summed E-state index contributed by atoms with van der Waals surface area (Å²) in [4.78, 5) is 31.1. The van der Waals surface area contributed by atoms with Crippen LogP contribution in [0.3, 0.4) is 0 Å². The van der Waals surface area contributed by atoms with Crippen molar-refractivity contribution in [3.8, 4) is 17.2 Å². The van der Waals surface area contributed by atoms with Crippen LogP contribution in [-0.2, 0) is 0 Å². The molecule has 0 spiro atoms. The number of aliphatic hydroxyl groups is 1. The zero-order valence-corrected chi connectivity index (χ0v) is 19.7. The Morgan fingerprint density at radius 3 is 2.60 bits per heavy atom. The van der Waals surface area contributed by atoms with Gasteiger partial charge in [-0.05, 0) is 63.0 Å². The molecule has 2 saturated heterocycles. The van der Waals surface area contributed by atoms with E-state index in [-0.39, 0.29) is 23.0 Å². The summed E-state index contributed by atoms with van der Waals surface area (Å²) >= 11 is 0. The number of aromatic nitrogens is 1. The smallest absolute Gasteiger partial charge is 0.256 e. The van der Waals surface area contributed by atoms with Crippen LogP contribution in [-0.4, -0.2) is 65.9 Å². The molecule has 0 bridgehead atoms. The van der Waals surface area contributed by atoms with Crippen molar-refractivity contribution in [1.29, 1.82) is 0 Å². The molecule has 3 aromatic rings. The molecule has 6 rings (SSSR count). The van der Waals surface area contributed by atoms with Crippen molar-refractivity contribution < 1.29 is 14.6 Å². The number of aliphatic hydroxyl groups excluding tert-OH is 1. The van der Waals surface area contributed by atoms with Crippen molar-refractivity contribution in [2.45, 2.75) is 31.8 Å². The maximum atomic E-state index is 13.5. The highest BCUT2D eigenvalue weighted by molar-refractivity contribution is 6.01. The minimum Gasteiger partial charge on any atom is -0.451 e. The van der Waals surface area contributed by atoms with Gasteiger partial charge in [0.25, 0.3) is 5.91 Å². The Morgan fingerprint density at radius 1 is 1.03 bits per heavy atom. The van der Waals surface area contributed by atoms with Gasteiger partial charge in [-0.25, -0.2) is 0 Å². The number of likely N-dealkylation sites (tertiary alicyclic amines) is 1. The first kappa shape index (κ1) is 22.1. The van der Waals surface area contributed by atoms with Gasteiger partial charge in [-0.3, -0.25) is 9.59 Å². The Labute approximate surface area is 203 Å². The van der Waals surface area contributed by atoms with Crippen molar-refractivity contribution in [2.75, 3.05) is 44.2 Å². The van der Waals surface area contributed by atoms with Gasteiger partial charge in [0, 0.05) is 32.4 Å². The van der Waals surface area contributed by atoms with E-state index in [1.165, 1.54) is 12.8 Å². The van der Waals surface area contributed by atoms with Gasteiger partial charge in [0.2, 0.25) is 5.43 Å². The Hall–Kier alpha value is -3.36. The monoisotopic (exact) mass is 474 g/mol. The number of nitrogens with one attached hydrogen (secondary N) is 1. The maximum absolute atomic E-state index is 13.5. The first-order valence-electron chi connectivity index (χ1n) is 12.5. The number of hydrogen-bond donors (Lipinski definition) is 2. The lowest BCUT2D eigenvalue weighted by Crippen LogP contribution is -2.37. The normalized spacial score (nSPS) is 17.9. The van der Waals surface area contributed by atoms with Crippen LogP contribution < -0.4 is 20.4 Å². The SMILES string of the molecule is O=C(NCCN1CCCC1)c1cn2c3c(c(N4CCC(O)CC4)ccc3c1=O)Oc1ccccc1-2. The molecule has 35 heavy (non-hydrogen) atoms. The third-order valence-corrected chi connectivity index (χ3v) is 7.40. The highest BCUT2D eigenvalue weighted by atomic mass is 16.5. The van der Waals surface area contributed by atoms with E-state index in [0.29, 0.717) is 54.9 Å². The van der Waals surface area contributed by atoms with Crippen LogP contribution in [0, 0.1) is 0 Å². The van der Waals surface area contributed by atoms with Crippen molar-refractivity contribution in [2.24, 2.45) is 0 Å². The number of piperidine rings is 1. The molecule has 0 unspecified atom stereocenters. The number of benzene rings is 2. The molecule has 2 fully saturated rings. The maximum Gasteiger partial charge on any atom is 0.256 e. The summed E-state index contributed by atoms with van der Waals surface area (Å²) in [5.41, 5.74) is 2.21. The van der Waals surface area contributed by atoms with Crippen LogP contribution in [0.25, 0.3) is 16.6 Å². The zero-order valence-electron chi connectivity index (χ0n) is 19.7. The number of ether oxygens (including phenoxy) is 1. The van der Waals surface area contributed by atoms with Crippen LogP contribution in [0.4, 0.5) is 5.69 Å². The van der Waals surface area contributed by atoms with E-state index < -0.39 is 0 Å². The molecular weight excluding hydrogens is 444 g/mol. The van der Waals surface area contributed by atoms with Crippen LogP contribution in [0.15, 0.2) is 47.4 Å². The van der Waals surface area contributed by atoms with Gasteiger partial charge in [0.05, 0.1) is 22.9 Å². The fourth-order valence-electron chi connectivity index (χ4n) is 5.47. The molecule has 2 N–H and O–H groups in total. The molecule has 8 heteroatoms. The van der Waals surface area contributed by atoms with E-state index in [9.17, 15) is 14.7 Å². The minimum atomic E-state index is -0.348. The summed E-state index contributed by atoms with van der Waals surface area (Å²) in [6, 6.07) is 11.4. The molecule has 3 aliphatic heterocycles. The summed E-state index contributed by atoms with van der Waals surface area (Å²) in [6.07, 6.45) is 5.16. The van der Waals surface area contributed by atoms with Crippen LogP contribution in [0.1, 0.15) is 36.0 Å². The molecule has 4 heterocycles. The fraction of sp³-hybridized carbons (Fsp3) is 0.407. The van der Waals surface area contributed by atoms with E-state index in [4.69, 9.17) is 4.74 Å². The van der Waals surface area contributed by atoms with Gasteiger partial charge in [0.1, 0.15) is 11.1 Å². The Bertz CT molecular complexity index is 1340. The summed E-state index contributed by atoms with van der Waals surface area (Å²) in [7, 11) is 0. The second-order valence-electron chi connectivity index (χ2n) is 9.64. The number of anilines is 1. The Balaban J connectivity index is 1.41. The number of hydrogen-bond acceptors (Lipinski definition) is 6. The highest BCUT2D eigenvalue weighted by Crippen LogP contribution is 2.45. The van der Waals surface area contributed by atoms with Crippen molar-refractivity contribution in [3.63, 3.8) is 0 Å². The second-order valence-corrected chi connectivity index (χ2v) is 9.64. The average molecular weight is 475 g/mol. The lowest BCUT2D eigenvalue weighted by Gasteiger charge is -2.34. The molecule has 0 saturated carbocycles. The number of rotatable bonds is 5. The molecule has 2 aromatic carbocycles. The molecule has 0 atom stereocenters. The van der Waals surface area contributed by atoms with E-state index >= 15 is 0 Å². The van der Waals surface area contributed by atoms with Gasteiger partial charge < -0.3 is 29.5 Å². The molecule has 0 radical (unpaired) electrons. The molecule has 1 aromatic heterocycles. The van der Waals surface area contributed by atoms with Gasteiger partial charge in [-0.2, -0.15) is 0 Å². The van der Waals surface area contributed by atoms with Crippen LogP contribution in [0.2, 0.25) is 0 Å². The Kier molecular flexibility index (Phi) is 5.70. The number of pyridine rings is 1. The number of nitrogens with zero attached hydrogens (tertiary/aromatic N) is 3. The number of para-hydroxylation sites is 2. The number of carbonyl (C=O) groups excluding carboxylic acids is 1. The molecule has 3 aliphatic rings. The van der Waals surface area contributed by atoms with Crippen LogP contribution in [0.5, 0.6) is 11.5 Å². The van der Waals surface area contributed by atoms with Crippen molar-refractivity contribution >= 4 is 22.5 Å². The molecule has 8 nitrogen and oxygen atoms in total. The minimum absolute atomic E-state index is 0.135. The lowest BCUT2D eigenvalue weighted by molar-refractivity contribution is 0.0948.